The Morgan fingerprint density at radius 1 is 0.882 bits per heavy atom. The van der Waals surface area contributed by atoms with E-state index >= 15 is 0 Å². The van der Waals surface area contributed by atoms with Crippen LogP contribution in [0.4, 0.5) is 0 Å². The minimum absolute atomic E-state index is 0.0334. The highest BCUT2D eigenvalue weighted by atomic mass is 35.5. The summed E-state index contributed by atoms with van der Waals surface area (Å²) in [6.45, 7) is 7.78. The van der Waals surface area contributed by atoms with E-state index in [0.717, 1.165) is 0 Å². The zero-order valence-electron chi connectivity index (χ0n) is 10.5. The first kappa shape index (κ1) is 14.8. The zero-order chi connectivity index (χ0) is 13.0. The van der Waals surface area contributed by atoms with Crippen LogP contribution >= 0.6 is 23.2 Å². The van der Waals surface area contributed by atoms with E-state index in [4.69, 9.17) is 32.7 Å². The van der Waals surface area contributed by atoms with E-state index in [9.17, 15) is 0 Å². The van der Waals surface area contributed by atoms with Crippen molar-refractivity contribution in [1.82, 2.24) is 0 Å². The molecule has 0 bridgehead atoms. The van der Waals surface area contributed by atoms with Gasteiger partial charge < -0.3 is 9.47 Å². The van der Waals surface area contributed by atoms with Gasteiger partial charge in [-0.25, -0.2) is 0 Å². The van der Waals surface area contributed by atoms with Gasteiger partial charge in [-0.1, -0.05) is 29.3 Å². The second-order valence-electron chi connectivity index (χ2n) is 4.34. The number of ether oxygens (including phenoxy) is 2. The molecule has 0 aliphatic carbocycles. The molecular formula is C13H18Cl2O2. The molecule has 1 rings (SSSR count). The van der Waals surface area contributed by atoms with Crippen LogP contribution in [0.3, 0.4) is 0 Å². The molecule has 1 aromatic rings. The van der Waals surface area contributed by atoms with Gasteiger partial charge in [-0.15, -0.1) is 0 Å². The second-order valence-corrected chi connectivity index (χ2v) is 5.15. The molecule has 17 heavy (non-hydrogen) atoms. The minimum atomic E-state index is -0.531. The first-order valence-electron chi connectivity index (χ1n) is 5.66. The van der Waals surface area contributed by atoms with Gasteiger partial charge in [0.1, 0.15) is 0 Å². The summed E-state index contributed by atoms with van der Waals surface area (Å²) in [5, 5.41) is 1.12. The largest absolute Gasteiger partial charge is 0.346 e. The Hall–Kier alpha value is -0.280. The molecule has 0 aromatic heterocycles. The number of hydrogen-bond donors (Lipinski definition) is 0. The van der Waals surface area contributed by atoms with E-state index in [-0.39, 0.29) is 12.2 Å². The molecule has 1 aromatic carbocycles. The zero-order valence-corrected chi connectivity index (χ0v) is 12.0. The van der Waals surface area contributed by atoms with Gasteiger partial charge in [0.15, 0.2) is 6.29 Å². The van der Waals surface area contributed by atoms with E-state index < -0.39 is 6.29 Å². The third-order valence-corrected chi connectivity index (χ3v) is 2.69. The Kier molecular flexibility index (Phi) is 5.74. The van der Waals surface area contributed by atoms with Crippen LogP contribution in [-0.2, 0) is 9.47 Å². The first-order chi connectivity index (χ1) is 7.91. The van der Waals surface area contributed by atoms with Gasteiger partial charge in [0.2, 0.25) is 0 Å². The Bertz CT molecular complexity index is 334. The molecule has 2 nitrogen and oxygen atoms in total. The second kappa shape index (κ2) is 6.60. The van der Waals surface area contributed by atoms with E-state index in [2.05, 4.69) is 0 Å². The highest BCUT2D eigenvalue weighted by Gasteiger charge is 2.21. The highest BCUT2D eigenvalue weighted by molar-refractivity contribution is 6.36. The summed E-state index contributed by atoms with van der Waals surface area (Å²) in [5.41, 5.74) is 0.693. The number of rotatable bonds is 5. The normalized spacial score (nSPS) is 11.8. The van der Waals surface area contributed by atoms with Crippen molar-refractivity contribution in [3.8, 4) is 0 Å². The van der Waals surface area contributed by atoms with Crippen molar-refractivity contribution in [2.45, 2.75) is 46.2 Å². The molecule has 0 N–H and O–H groups in total. The van der Waals surface area contributed by atoms with Gasteiger partial charge in [0.05, 0.1) is 22.3 Å². The average Bonchev–Trinajstić information content (AvgIpc) is 2.14. The minimum Gasteiger partial charge on any atom is -0.346 e. The van der Waals surface area contributed by atoms with Gasteiger partial charge in [-0.3, -0.25) is 0 Å². The van der Waals surface area contributed by atoms with Crippen molar-refractivity contribution in [2.75, 3.05) is 0 Å². The van der Waals surface area contributed by atoms with Crippen molar-refractivity contribution in [3.05, 3.63) is 33.8 Å². The van der Waals surface area contributed by atoms with Gasteiger partial charge in [-0.05, 0) is 39.8 Å². The van der Waals surface area contributed by atoms with Crippen LogP contribution in [-0.4, -0.2) is 12.2 Å². The average molecular weight is 277 g/mol. The van der Waals surface area contributed by atoms with Crippen molar-refractivity contribution in [3.63, 3.8) is 0 Å². The standard InChI is InChI=1S/C13H18Cl2O2/c1-8(2)16-13(17-9(3)4)12-10(14)6-5-7-11(12)15/h5-9,13H,1-4H3. The molecule has 96 valence electrons. The quantitative estimate of drug-likeness (QED) is 0.717. The summed E-state index contributed by atoms with van der Waals surface area (Å²) in [6, 6.07) is 5.36. The lowest BCUT2D eigenvalue weighted by atomic mass is 10.2. The van der Waals surface area contributed by atoms with Gasteiger partial charge in [0.25, 0.3) is 0 Å². The number of halogens is 2. The Morgan fingerprint density at radius 3 is 1.65 bits per heavy atom. The van der Waals surface area contributed by atoms with Crippen LogP contribution in [0.15, 0.2) is 18.2 Å². The van der Waals surface area contributed by atoms with Crippen LogP contribution in [0.25, 0.3) is 0 Å². The maximum atomic E-state index is 6.15. The SMILES string of the molecule is CC(C)OC(OC(C)C)c1c(Cl)cccc1Cl. The summed E-state index contributed by atoms with van der Waals surface area (Å²) < 4.78 is 11.4. The molecule has 0 atom stereocenters. The van der Waals surface area contributed by atoms with Crippen molar-refractivity contribution < 1.29 is 9.47 Å². The fourth-order valence-corrected chi connectivity index (χ4v) is 1.97. The molecular weight excluding hydrogens is 259 g/mol. The fourth-order valence-electron chi connectivity index (χ4n) is 1.40. The maximum absolute atomic E-state index is 6.15. The van der Waals surface area contributed by atoms with E-state index in [1.807, 2.05) is 27.7 Å². The Balaban J connectivity index is 3.03. The third-order valence-electron chi connectivity index (χ3n) is 2.03. The molecule has 4 heteroatoms. The lowest BCUT2D eigenvalue weighted by Crippen LogP contribution is -2.18. The van der Waals surface area contributed by atoms with E-state index in [0.29, 0.717) is 15.6 Å². The van der Waals surface area contributed by atoms with E-state index in [1.165, 1.54) is 0 Å². The molecule has 0 aliphatic rings. The molecule has 0 saturated carbocycles. The molecule has 0 radical (unpaired) electrons. The van der Waals surface area contributed by atoms with Gasteiger partial charge >= 0.3 is 0 Å². The first-order valence-corrected chi connectivity index (χ1v) is 6.42. The smallest absolute Gasteiger partial charge is 0.187 e. The van der Waals surface area contributed by atoms with Crippen molar-refractivity contribution in [1.29, 1.82) is 0 Å². The topological polar surface area (TPSA) is 18.5 Å². The summed E-state index contributed by atoms with van der Waals surface area (Å²) in [5.74, 6) is 0. The molecule has 0 unspecified atom stereocenters. The predicted molar refractivity (Wildman–Crippen MR) is 71.6 cm³/mol. The molecule has 0 spiro atoms. The fraction of sp³-hybridized carbons (Fsp3) is 0.538. The maximum Gasteiger partial charge on any atom is 0.187 e. The molecule has 0 heterocycles. The lowest BCUT2D eigenvalue weighted by Gasteiger charge is -2.24. The Morgan fingerprint density at radius 2 is 1.29 bits per heavy atom. The lowest BCUT2D eigenvalue weighted by molar-refractivity contribution is -0.185. The van der Waals surface area contributed by atoms with Crippen LogP contribution in [0, 0.1) is 0 Å². The van der Waals surface area contributed by atoms with Crippen LogP contribution in [0.5, 0.6) is 0 Å². The number of hydrogen-bond acceptors (Lipinski definition) is 2. The molecule has 0 saturated heterocycles. The predicted octanol–water partition coefficient (Wildman–Crippen LogP) is 4.84. The van der Waals surface area contributed by atoms with Crippen LogP contribution < -0.4 is 0 Å². The molecule has 0 fully saturated rings. The van der Waals surface area contributed by atoms with Crippen molar-refractivity contribution >= 4 is 23.2 Å². The van der Waals surface area contributed by atoms with Crippen molar-refractivity contribution in [2.24, 2.45) is 0 Å². The monoisotopic (exact) mass is 276 g/mol. The third kappa shape index (κ3) is 4.47. The van der Waals surface area contributed by atoms with Gasteiger partial charge in [-0.2, -0.15) is 0 Å². The summed E-state index contributed by atoms with van der Waals surface area (Å²) in [4.78, 5) is 0. The van der Waals surface area contributed by atoms with Gasteiger partial charge in [0, 0.05) is 5.56 Å². The van der Waals surface area contributed by atoms with E-state index in [1.54, 1.807) is 18.2 Å². The highest BCUT2D eigenvalue weighted by Crippen LogP contribution is 2.34. The van der Waals surface area contributed by atoms with Crippen LogP contribution in [0.1, 0.15) is 39.5 Å². The molecule has 0 aliphatic heterocycles. The summed E-state index contributed by atoms with van der Waals surface area (Å²) >= 11 is 12.3. The Labute approximate surface area is 113 Å². The molecule has 0 amide bonds. The number of benzene rings is 1. The summed E-state index contributed by atoms with van der Waals surface area (Å²) in [6.07, 6.45) is -0.464. The van der Waals surface area contributed by atoms with Crippen LogP contribution in [0.2, 0.25) is 10.0 Å². The summed E-state index contributed by atoms with van der Waals surface area (Å²) in [7, 11) is 0.